The molecule has 3 nitrogen and oxygen atoms in total. The molecule has 0 bridgehead atoms. The van der Waals surface area contributed by atoms with Crippen LogP contribution in [0.1, 0.15) is 10.4 Å². The van der Waals surface area contributed by atoms with Crippen LogP contribution in [0.15, 0.2) is 18.3 Å². The van der Waals surface area contributed by atoms with Gasteiger partial charge in [-0.1, -0.05) is 34.8 Å². The van der Waals surface area contributed by atoms with E-state index in [0.717, 1.165) is 0 Å². The molecule has 82 valence electrons. The van der Waals surface area contributed by atoms with Crippen LogP contribution in [0.2, 0.25) is 15.1 Å². The molecule has 2 aromatic rings. The first kappa shape index (κ1) is 11.5. The van der Waals surface area contributed by atoms with E-state index in [4.69, 9.17) is 39.9 Å². The zero-order valence-electron chi connectivity index (χ0n) is 7.67. The van der Waals surface area contributed by atoms with Gasteiger partial charge in [0.1, 0.15) is 0 Å². The maximum absolute atomic E-state index is 11.0. The molecule has 0 fully saturated rings. The van der Waals surface area contributed by atoms with Gasteiger partial charge in [0.05, 0.1) is 26.1 Å². The van der Waals surface area contributed by atoms with Crippen LogP contribution >= 0.6 is 34.8 Å². The zero-order chi connectivity index (χ0) is 11.9. The van der Waals surface area contributed by atoms with Crippen LogP contribution in [0.5, 0.6) is 0 Å². The number of pyridine rings is 1. The number of aromatic carboxylic acids is 1. The van der Waals surface area contributed by atoms with Crippen LogP contribution in [0, 0.1) is 0 Å². The molecule has 0 unspecified atom stereocenters. The summed E-state index contributed by atoms with van der Waals surface area (Å²) in [5, 5.41) is 10.2. The number of fused-ring (bicyclic) bond motifs is 1. The maximum Gasteiger partial charge on any atom is 0.337 e. The Balaban J connectivity index is 2.95. The minimum atomic E-state index is -1.11. The van der Waals surface area contributed by atoms with Crippen molar-refractivity contribution in [3.8, 4) is 0 Å². The molecule has 0 radical (unpaired) electrons. The predicted octanol–water partition coefficient (Wildman–Crippen LogP) is 3.89. The number of rotatable bonds is 1. The first-order valence-corrected chi connectivity index (χ1v) is 5.30. The van der Waals surface area contributed by atoms with Crippen molar-refractivity contribution in [2.75, 3.05) is 0 Å². The molecule has 16 heavy (non-hydrogen) atoms. The van der Waals surface area contributed by atoms with Crippen molar-refractivity contribution in [3.63, 3.8) is 0 Å². The summed E-state index contributed by atoms with van der Waals surface area (Å²) in [4.78, 5) is 14.9. The molecule has 0 saturated heterocycles. The van der Waals surface area contributed by atoms with Crippen LogP contribution < -0.4 is 0 Å². The Morgan fingerprint density at radius 2 is 1.94 bits per heavy atom. The van der Waals surface area contributed by atoms with Crippen molar-refractivity contribution < 1.29 is 9.90 Å². The van der Waals surface area contributed by atoms with Gasteiger partial charge in [0.15, 0.2) is 0 Å². The summed E-state index contributed by atoms with van der Waals surface area (Å²) >= 11 is 17.5. The Hall–Kier alpha value is -1.03. The highest BCUT2D eigenvalue weighted by Gasteiger charge is 2.15. The van der Waals surface area contributed by atoms with Crippen molar-refractivity contribution in [1.29, 1.82) is 0 Å². The van der Waals surface area contributed by atoms with E-state index in [1.165, 1.54) is 18.3 Å². The van der Waals surface area contributed by atoms with Gasteiger partial charge in [-0.2, -0.15) is 0 Å². The number of carboxylic acids is 1. The molecular weight excluding hydrogens is 272 g/mol. The smallest absolute Gasteiger partial charge is 0.337 e. The largest absolute Gasteiger partial charge is 0.478 e. The highest BCUT2D eigenvalue weighted by atomic mass is 35.5. The molecule has 0 amide bonds. The number of hydrogen-bond acceptors (Lipinski definition) is 2. The molecule has 2 rings (SSSR count). The summed E-state index contributed by atoms with van der Waals surface area (Å²) in [7, 11) is 0. The quantitative estimate of drug-likeness (QED) is 0.859. The molecule has 1 aromatic carbocycles. The Labute approximate surface area is 106 Å². The van der Waals surface area contributed by atoms with Crippen LogP contribution in [-0.2, 0) is 0 Å². The van der Waals surface area contributed by atoms with E-state index in [-0.39, 0.29) is 21.1 Å². The fraction of sp³-hybridized carbons (Fsp3) is 0. The predicted molar refractivity (Wildman–Crippen MR) is 63.7 cm³/mol. The molecule has 0 spiro atoms. The lowest BCUT2D eigenvalue weighted by molar-refractivity contribution is 0.0699. The van der Waals surface area contributed by atoms with E-state index >= 15 is 0 Å². The third-order valence-corrected chi connectivity index (χ3v) is 3.07. The average Bonchev–Trinajstić information content (AvgIpc) is 2.23. The van der Waals surface area contributed by atoms with Gasteiger partial charge in [0, 0.05) is 11.6 Å². The van der Waals surface area contributed by atoms with Crippen LogP contribution in [0.3, 0.4) is 0 Å². The van der Waals surface area contributed by atoms with Gasteiger partial charge in [-0.3, -0.25) is 4.98 Å². The highest BCUT2D eigenvalue weighted by molar-refractivity contribution is 6.46. The van der Waals surface area contributed by atoms with E-state index in [1.54, 1.807) is 0 Å². The number of carboxylic acid groups (broad SMARTS) is 1. The summed E-state index contributed by atoms with van der Waals surface area (Å²) in [6.07, 6.45) is 1.36. The molecule has 1 heterocycles. The van der Waals surface area contributed by atoms with Gasteiger partial charge in [-0.15, -0.1) is 0 Å². The van der Waals surface area contributed by atoms with Gasteiger partial charge >= 0.3 is 5.97 Å². The lowest BCUT2D eigenvalue weighted by Crippen LogP contribution is -1.99. The van der Waals surface area contributed by atoms with Crippen molar-refractivity contribution in [3.05, 3.63) is 39.0 Å². The Kier molecular flexibility index (Phi) is 2.93. The topological polar surface area (TPSA) is 50.2 Å². The van der Waals surface area contributed by atoms with Crippen molar-refractivity contribution >= 4 is 51.7 Å². The molecule has 1 aromatic heterocycles. The fourth-order valence-electron chi connectivity index (χ4n) is 1.37. The summed E-state index contributed by atoms with van der Waals surface area (Å²) in [6.45, 7) is 0. The summed E-state index contributed by atoms with van der Waals surface area (Å²) in [6, 6.07) is 2.81. The summed E-state index contributed by atoms with van der Waals surface area (Å²) in [5.41, 5.74) is 0.271. The third kappa shape index (κ3) is 1.82. The second-order valence-electron chi connectivity index (χ2n) is 3.07. The molecule has 1 N–H and O–H groups in total. The highest BCUT2D eigenvalue weighted by Crippen LogP contribution is 2.33. The SMILES string of the molecule is O=C(O)c1cc(Cl)c(Cl)c2cc(Cl)cnc12. The Morgan fingerprint density at radius 1 is 1.25 bits per heavy atom. The molecule has 0 aliphatic heterocycles. The van der Waals surface area contributed by atoms with E-state index in [2.05, 4.69) is 4.98 Å². The number of hydrogen-bond donors (Lipinski definition) is 1. The van der Waals surface area contributed by atoms with Crippen molar-refractivity contribution in [1.82, 2.24) is 4.98 Å². The molecule has 6 heteroatoms. The first-order valence-electron chi connectivity index (χ1n) is 4.17. The van der Waals surface area contributed by atoms with E-state index in [1.807, 2.05) is 0 Å². The van der Waals surface area contributed by atoms with Crippen molar-refractivity contribution in [2.24, 2.45) is 0 Å². The summed E-state index contributed by atoms with van der Waals surface area (Å²) < 4.78 is 0. The second kappa shape index (κ2) is 4.09. The number of carbonyl (C=O) groups is 1. The monoisotopic (exact) mass is 275 g/mol. The lowest BCUT2D eigenvalue weighted by Gasteiger charge is -2.06. The molecule has 0 saturated carbocycles. The fourth-order valence-corrected chi connectivity index (χ4v) is 1.94. The number of nitrogens with zero attached hydrogens (tertiary/aromatic N) is 1. The van der Waals surface area contributed by atoms with Crippen LogP contribution in [0.4, 0.5) is 0 Å². The van der Waals surface area contributed by atoms with Gasteiger partial charge in [-0.25, -0.2) is 4.79 Å². The average molecular weight is 277 g/mol. The van der Waals surface area contributed by atoms with E-state index in [9.17, 15) is 4.79 Å². The minimum Gasteiger partial charge on any atom is -0.478 e. The van der Waals surface area contributed by atoms with E-state index in [0.29, 0.717) is 10.4 Å². The lowest BCUT2D eigenvalue weighted by atomic mass is 10.1. The van der Waals surface area contributed by atoms with E-state index < -0.39 is 5.97 Å². The molecular formula is C10H4Cl3NO2. The third-order valence-electron chi connectivity index (χ3n) is 2.06. The number of benzene rings is 1. The van der Waals surface area contributed by atoms with Crippen molar-refractivity contribution in [2.45, 2.75) is 0 Å². The Morgan fingerprint density at radius 3 is 2.56 bits per heavy atom. The normalized spacial score (nSPS) is 10.7. The van der Waals surface area contributed by atoms with Gasteiger partial charge in [0.25, 0.3) is 0 Å². The van der Waals surface area contributed by atoms with Crippen LogP contribution in [-0.4, -0.2) is 16.1 Å². The number of aromatic nitrogens is 1. The standard InChI is InChI=1S/C10H4Cl3NO2/c11-4-1-5-8(13)7(12)2-6(10(15)16)9(5)14-3-4/h1-3H,(H,15,16). The minimum absolute atomic E-state index is 0.000988. The number of halogens is 3. The molecule has 0 aliphatic rings. The molecule has 0 atom stereocenters. The van der Waals surface area contributed by atoms with Gasteiger partial charge in [0.2, 0.25) is 0 Å². The zero-order valence-corrected chi connectivity index (χ0v) is 9.94. The maximum atomic E-state index is 11.0. The van der Waals surface area contributed by atoms with Crippen LogP contribution in [0.25, 0.3) is 10.9 Å². The first-order chi connectivity index (χ1) is 7.50. The summed E-state index contributed by atoms with van der Waals surface area (Å²) in [5.74, 6) is -1.11. The molecule has 0 aliphatic carbocycles. The van der Waals surface area contributed by atoms with Gasteiger partial charge < -0.3 is 5.11 Å². The van der Waals surface area contributed by atoms with Gasteiger partial charge in [-0.05, 0) is 12.1 Å². The Bertz CT molecular complexity index is 598. The second-order valence-corrected chi connectivity index (χ2v) is 4.30.